The van der Waals surface area contributed by atoms with Gasteiger partial charge in [0.2, 0.25) is 5.91 Å². The van der Waals surface area contributed by atoms with Gasteiger partial charge in [-0.2, -0.15) is 0 Å². The lowest BCUT2D eigenvalue weighted by Crippen LogP contribution is -2.66. The molecule has 0 saturated carbocycles. The number of aliphatic hydroxyl groups excluding tert-OH is 1. The molecule has 16 heteroatoms. The van der Waals surface area contributed by atoms with Crippen molar-refractivity contribution in [2.75, 3.05) is 13.1 Å². The maximum atomic E-state index is 14.7. The summed E-state index contributed by atoms with van der Waals surface area (Å²) in [5.41, 5.74) is -1.89. The summed E-state index contributed by atoms with van der Waals surface area (Å²) in [6.07, 6.45) is 5.25. The fourth-order valence-electron chi connectivity index (χ4n) is 11.4. The minimum atomic E-state index is -1.53. The van der Waals surface area contributed by atoms with Crippen LogP contribution >= 0.6 is 0 Å². The first kappa shape index (κ1) is 52.0. The highest BCUT2D eigenvalue weighted by atomic mass is 16.8. The zero-order chi connectivity index (χ0) is 47.5. The standard InChI is InChI=1S/C48H79N3O13/c1-12-33(44(57)58)35-16-15-26(4)40(61-35)30(8)38(53)29(7)39(54)34(13-2)41-27(5)25-28(6)47(62-41)20-17-36(51-43(56)42(55)50-24-23-49-32(10)52)48(64-47)22-21-45(11,63-48)37-18-19-46(59,14-3)31(9)60-37/h17,20,26-31,33-38,40-41,53,59H,12-16,18-19,21-25H2,1-11H3,(H,49,52)(H,50,55)(H,51,56)(H,57,58)/t26-,27-,28+,29-,30-,31-,33+,34-,35+,36+,37+,38+,40+,41-,45-,46+,47-,48-/m0/s1. The molecule has 5 aliphatic heterocycles. The number of amides is 3. The summed E-state index contributed by atoms with van der Waals surface area (Å²) in [6, 6.07) is -0.942. The van der Waals surface area contributed by atoms with E-state index in [1.54, 1.807) is 19.1 Å². The second kappa shape index (κ2) is 20.9. The van der Waals surface area contributed by atoms with Crippen LogP contribution in [0.15, 0.2) is 12.2 Å². The summed E-state index contributed by atoms with van der Waals surface area (Å²) < 4.78 is 34.2. The lowest BCUT2D eigenvalue weighted by atomic mass is 9.72. The fourth-order valence-corrected chi connectivity index (χ4v) is 11.4. The molecule has 4 fully saturated rings. The number of ether oxygens (including phenoxy) is 5. The molecule has 16 nitrogen and oxygen atoms in total. The van der Waals surface area contributed by atoms with Gasteiger partial charge in [0.25, 0.3) is 0 Å². The molecular weight excluding hydrogens is 827 g/mol. The number of carboxylic acid groups (broad SMARTS) is 1. The summed E-state index contributed by atoms with van der Waals surface area (Å²) in [4.78, 5) is 64.5. The van der Waals surface area contributed by atoms with Crippen molar-refractivity contribution in [1.29, 1.82) is 0 Å². The molecule has 0 unspecified atom stereocenters. The molecule has 0 aromatic heterocycles. The summed E-state index contributed by atoms with van der Waals surface area (Å²) >= 11 is 0. The van der Waals surface area contributed by atoms with E-state index in [4.69, 9.17) is 23.7 Å². The minimum absolute atomic E-state index is 0.0455. The number of Topliss-reactive ketones (excluding diaryl/α,β-unsaturated/α-hetero) is 1. The van der Waals surface area contributed by atoms with Crippen LogP contribution in [0.4, 0.5) is 0 Å². The SMILES string of the molecule is CC[C@@H](C(=O)[C@@H](C)[C@@H](O)[C@H](C)[C@@H]1O[C@@H]([C@@H](CC)C(=O)O)CC[C@@H]1C)[C@H]1O[C@]2(C=C[C@@H](NC(=O)C(=O)NCCNC(C)=O)[C@]3(CC[C@@](C)([C@H]4CC[C@](O)(CC)[C@H](C)O4)O3)O2)[C@H](C)C[C@@H]1C. The van der Waals surface area contributed by atoms with Crippen molar-refractivity contribution in [3.8, 4) is 0 Å². The highest BCUT2D eigenvalue weighted by Crippen LogP contribution is 2.54. The average molecular weight is 906 g/mol. The first-order valence-corrected chi connectivity index (χ1v) is 24.1. The molecule has 18 atom stereocenters. The van der Waals surface area contributed by atoms with Gasteiger partial charge in [0.1, 0.15) is 11.8 Å². The Bertz CT molecular complexity index is 1710. The summed E-state index contributed by atoms with van der Waals surface area (Å²) in [7, 11) is 0. The van der Waals surface area contributed by atoms with E-state index in [1.165, 1.54) is 6.92 Å². The van der Waals surface area contributed by atoms with Crippen LogP contribution in [0.25, 0.3) is 0 Å². The van der Waals surface area contributed by atoms with Gasteiger partial charge >= 0.3 is 17.8 Å². The van der Waals surface area contributed by atoms with Gasteiger partial charge in [-0.3, -0.25) is 24.0 Å². The minimum Gasteiger partial charge on any atom is -0.481 e. The molecule has 0 bridgehead atoms. The van der Waals surface area contributed by atoms with Crippen molar-refractivity contribution in [2.45, 2.75) is 206 Å². The number of carbonyl (C=O) groups excluding carboxylic acids is 4. The summed E-state index contributed by atoms with van der Waals surface area (Å²) in [5, 5.41) is 40.9. The molecule has 3 amide bonds. The lowest BCUT2D eigenvalue weighted by Gasteiger charge is -2.55. The van der Waals surface area contributed by atoms with Crippen molar-refractivity contribution in [3.05, 3.63) is 12.2 Å². The Morgan fingerprint density at radius 2 is 1.50 bits per heavy atom. The second-order valence-corrected chi connectivity index (χ2v) is 20.2. The highest BCUT2D eigenvalue weighted by molar-refractivity contribution is 6.35. The number of ketones is 1. The van der Waals surface area contributed by atoms with Gasteiger partial charge in [-0.1, -0.05) is 61.5 Å². The van der Waals surface area contributed by atoms with Crippen molar-refractivity contribution >= 4 is 29.5 Å². The predicted octanol–water partition coefficient (Wildman–Crippen LogP) is 4.56. The molecule has 64 heavy (non-hydrogen) atoms. The Morgan fingerprint density at radius 3 is 2.11 bits per heavy atom. The average Bonchev–Trinajstić information content (AvgIpc) is 3.59. The maximum Gasteiger partial charge on any atom is 0.309 e. The molecule has 2 spiro atoms. The topological polar surface area (TPSA) is 228 Å². The molecule has 0 radical (unpaired) electrons. The van der Waals surface area contributed by atoms with E-state index in [9.17, 15) is 39.3 Å². The summed E-state index contributed by atoms with van der Waals surface area (Å²) in [6.45, 7) is 20.8. The van der Waals surface area contributed by atoms with E-state index < -0.39 is 107 Å². The van der Waals surface area contributed by atoms with Gasteiger partial charge in [-0.25, -0.2) is 0 Å². The van der Waals surface area contributed by atoms with Gasteiger partial charge in [-0.05, 0) is 89.5 Å². The number of nitrogens with one attached hydrogen (secondary N) is 3. The number of hydrogen-bond acceptors (Lipinski definition) is 12. The molecular formula is C48H79N3O13. The van der Waals surface area contributed by atoms with Crippen LogP contribution < -0.4 is 16.0 Å². The number of hydrogen-bond donors (Lipinski definition) is 6. The van der Waals surface area contributed by atoms with Gasteiger partial charge in [0, 0.05) is 50.1 Å². The van der Waals surface area contributed by atoms with Crippen LogP contribution in [-0.4, -0.2) is 123 Å². The highest BCUT2D eigenvalue weighted by Gasteiger charge is 2.63. The normalized spacial score (nSPS) is 39.9. The van der Waals surface area contributed by atoms with Gasteiger partial charge < -0.3 is 55.0 Å². The third-order valence-electron chi connectivity index (χ3n) is 15.8. The predicted molar refractivity (Wildman–Crippen MR) is 236 cm³/mol. The van der Waals surface area contributed by atoms with Crippen molar-refractivity contribution in [1.82, 2.24) is 16.0 Å². The lowest BCUT2D eigenvalue weighted by molar-refractivity contribution is -0.398. The Labute approximate surface area is 380 Å². The molecule has 0 aromatic rings. The number of carboxylic acids is 1. The van der Waals surface area contributed by atoms with Crippen molar-refractivity contribution < 1.29 is 63.0 Å². The number of aliphatic hydroxyl groups is 2. The second-order valence-electron chi connectivity index (χ2n) is 20.2. The molecule has 364 valence electrons. The third-order valence-corrected chi connectivity index (χ3v) is 15.8. The molecule has 0 aliphatic carbocycles. The Kier molecular flexibility index (Phi) is 17.0. The Morgan fingerprint density at radius 1 is 0.828 bits per heavy atom. The molecule has 6 N–H and O–H groups in total. The van der Waals surface area contributed by atoms with Crippen LogP contribution in [-0.2, 0) is 47.7 Å². The van der Waals surface area contributed by atoms with Gasteiger partial charge in [-0.15, -0.1) is 0 Å². The quantitative estimate of drug-likeness (QED) is 0.0710. The summed E-state index contributed by atoms with van der Waals surface area (Å²) in [5.74, 6) is -8.83. The fraction of sp³-hybridized carbons (Fsp3) is 0.854. The molecule has 0 aromatic carbocycles. The van der Waals surface area contributed by atoms with Crippen LogP contribution in [0.1, 0.15) is 140 Å². The monoisotopic (exact) mass is 906 g/mol. The molecule has 5 heterocycles. The Hall–Kier alpha value is -2.99. The number of rotatable bonds is 16. The van der Waals surface area contributed by atoms with E-state index in [0.717, 1.165) is 6.42 Å². The van der Waals surface area contributed by atoms with Crippen LogP contribution in [0.5, 0.6) is 0 Å². The van der Waals surface area contributed by atoms with Crippen molar-refractivity contribution in [3.63, 3.8) is 0 Å². The van der Waals surface area contributed by atoms with E-state index in [1.807, 2.05) is 55.4 Å². The smallest absolute Gasteiger partial charge is 0.309 e. The van der Waals surface area contributed by atoms with Crippen LogP contribution in [0, 0.1) is 41.4 Å². The first-order chi connectivity index (χ1) is 30.0. The molecule has 5 aliphatic rings. The first-order valence-electron chi connectivity index (χ1n) is 24.1. The molecule has 4 saturated heterocycles. The van der Waals surface area contributed by atoms with E-state index >= 15 is 0 Å². The van der Waals surface area contributed by atoms with Gasteiger partial charge in [0.05, 0.1) is 53.7 Å². The number of carbonyl (C=O) groups is 5. The maximum absolute atomic E-state index is 14.7. The molecule has 5 rings (SSSR count). The number of aliphatic carboxylic acids is 1. The van der Waals surface area contributed by atoms with E-state index in [2.05, 4.69) is 22.9 Å². The van der Waals surface area contributed by atoms with E-state index in [0.29, 0.717) is 57.8 Å². The van der Waals surface area contributed by atoms with Crippen LogP contribution in [0.3, 0.4) is 0 Å². The third kappa shape index (κ3) is 10.7. The zero-order valence-corrected chi connectivity index (χ0v) is 40.1. The zero-order valence-electron chi connectivity index (χ0n) is 40.1. The largest absolute Gasteiger partial charge is 0.481 e. The van der Waals surface area contributed by atoms with Crippen molar-refractivity contribution in [2.24, 2.45) is 41.4 Å². The Balaban J connectivity index is 1.39. The van der Waals surface area contributed by atoms with Crippen LogP contribution in [0.2, 0.25) is 0 Å². The van der Waals surface area contributed by atoms with E-state index in [-0.39, 0.29) is 42.5 Å². The van der Waals surface area contributed by atoms with Gasteiger partial charge in [0.15, 0.2) is 11.6 Å².